The van der Waals surface area contributed by atoms with Gasteiger partial charge in [-0.2, -0.15) is 18.3 Å². The largest absolute Gasteiger partial charge is 0.435 e. The second kappa shape index (κ2) is 4.40. The summed E-state index contributed by atoms with van der Waals surface area (Å²) >= 11 is 0. The second-order valence-electron chi connectivity index (χ2n) is 5.41. The van der Waals surface area contributed by atoms with Gasteiger partial charge in [0.15, 0.2) is 5.69 Å². The van der Waals surface area contributed by atoms with E-state index in [1.165, 1.54) is 4.68 Å². The molecule has 0 aliphatic rings. The first-order valence-corrected chi connectivity index (χ1v) is 5.93. The lowest BCUT2D eigenvalue weighted by atomic mass is 9.91. The van der Waals surface area contributed by atoms with Gasteiger partial charge in [-0.15, -0.1) is 0 Å². The maximum Gasteiger partial charge on any atom is 0.435 e. The molecule has 0 aliphatic heterocycles. The van der Waals surface area contributed by atoms with E-state index >= 15 is 0 Å². The average molecular weight is 268 g/mol. The predicted octanol–water partition coefficient (Wildman–Crippen LogP) is 4.19. The third-order valence-corrected chi connectivity index (χ3v) is 2.77. The van der Waals surface area contributed by atoms with Gasteiger partial charge in [0.25, 0.3) is 0 Å². The SMILES string of the molecule is CC(C)(C)c1cc(C(F)(F)F)nn1-c1ccccc1. The maximum atomic E-state index is 12.8. The van der Waals surface area contributed by atoms with Gasteiger partial charge in [0.05, 0.1) is 11.4 Å². The van der Waals surface area contributed by atoms with E-state index in [2.05, 4.69) is 5.10 Å². The number of hydrogen-bond acceptors (Lipinski definition) is 1. The molecule has 5 heteroatoms. The molecular formula is C14H15F3N2. The first-order valence-electron chi connectivity index (χ1n) is 5.93. The number of aromatic nitrogens is 2. The van der Waals surface area contributed by atoms with Crippen LogP contribution in [0.3, 0.4) is 0 Å². The Balaban J connectivity index is 2.63. The van der Waals surface area contributed by atoms with Crippen LogP contribution < -0.4 is 0 Å². The predicted molar refractivity (Wildman–Crippen MR) is 67.3 cm³/mol. The molecule has 0 saturated heterocycles. The van der Waals surface area contributed by atoms with Gasteiger partial charge in [-0.25, -0.2) is 4.68 Å². The summed E-state index contributed by atoms with van der Waals surface area (Å²) in [7, 11) is 0. The van der Waals surface area contributed by atoms with Gasteiger partial charge in [0.2, 0.25) is 0 Å². The third kappa shape index (κ3) is 2.80. The van der Waals surface area contributed by atoms with E-state index in [0.717, 1.165) is 6.07 Å². The fourth-order valence-electron chi connectivity index (χ4n) is 1.82. The van der Waals surface area contributed by atoms with Crippen LogP contribution in [0.15, 0.2) is 36.4 Å². The molecular weight excluding hydrogens is 253 g/mol. The average Bonchev–Trinajstić information content (AvgIpc) is 2.74. The number of rotatable bonds is 1. The summed E-state index contributed by atoms with van der Waals surface area (Å²) in [5.74, 6) is 0. The lowest BCUT2D eigenvalue weighted by Gasteiger charge is -2.20. The van der Waals surface area contributed by atoms with E-state index in [4.69, 9.17) is 0 Å². The van der Waals surface area contributed by atoms with Crippen LogP contribution in [0.2, 0.25) is 0 Å². The molecule has 1 heterocycles. The minimum Gasteiger partial charge on any atom is -0.237 e. The number of nitrogens with zero attached hydrogens (tertiary/aromatic N) is 2. The van der Waals surface area contributed by atoms with Gasteiger partial charge in [-0.1, -0.05) is 39.0 Å². The smallest absolute Gasteiger partial charge is 0.237 e. The summed E-state index contributed by atoms with van der Waals surface area (Å²) in [6.45, 7) is 5.59. The number of benzene rings is 1. The molecule has 0 bridgehead atoms. The Hall–Kier alpha value is -1.78. The normalized spacial score (nSPS) is 12.7. The summed E-state index contributed by atoms with van der Waals surface area (Å²) in [6.07, 6.45) is -4.43. The molecule has 0 atom stereocenters. The van der Waals surface area contributed by atoms with Gasteiger partial charge < -0.3 is 0 Å². The number of hydrogen-bond donors (Lipinski definition) is 0. The molecule has 0 fully saturated rings. The Morgan fingerprint density at radius 1 is 1.00 bits per heavy atom. The van der Waals surface area contributed by atoms with Gasteiger partial charge in [-0.05, 0) is 18.2 Å². The molecule has 1 aromatic heterocycles. The van der Waals surface area contributed by atoms with E-state index < -0.39 is 17.3 Å². The standard InChI is InChI=1S/C14H15F3N2/c1-13(2,3)12-9-11(14(15,16)17)18-19(12)10-7-5-4-6-8-10/h4-9H,1-3H3. The van der Waals surface area contributed by atoms with Gasteiger partial charge in [0, 0.05) is 5.41 Å². The summed E-state index contributed by atoms with van der Waals surface area (Å²) in [4.78, 5) is 0. The first-order chi connectivity index (χ1) is 8.69. The highest BCUT2D eigenvalue weighted by Crippen LogP contribution is 2.33. The lowest BCUT2D eigenvalue weighted by molar-refractivity contribution is -0.141. The topological polar surface area (TPSA) is 17.8 Å². The lowest BCUT2D eigenvalue weighted by Crippen LogP contribution is -2.17. The van der Waals surface area contributed by atoms with Crippen molar-refractivity contribution in [2.45, 2.75) is 32.4 Å². The van der Waals surface area contributed by atoms with Crippen molar-refractivity contribution in [1.82, 2.24) is 9.78 Å². The van der Waals surface area contributed by atoms with Crippen molar-refractivity contribution in [2.24, 2.45) is 0 Å². The van der Waals surface area contributed by atoms with Gasteiger partial charge >= 0.3 is 6.18 Å². The van der Waals surface area contributed by atoms with Crippen LogP contribution in [0.4, 0.5) is 13.2 Å². The van der Waals surface area contributed by atoms with Crippen molar-refractivity contribution in [3.05, 3.63) is 47.8 Å². The Labute approximate surface area is 109 Å². The van der Waals surface area contributed by atoms with Crippen LogP contribution in [-0.2, 0) is 11.6 Å². The van der Waals surface area contributed by atoms with E-state index in [1.54, 1.807) is 24.3 Å². The number of halogens is 3. The van der Waals surface area contributed by atoms with Crippen molar-refractivity contribution in [3.8, 4) is 5.69 Å². The quantitative estimate of drug-likeness (QED) is 0.758. The molecule has 19 heavy (non-hydrogen) atoms. The summed E-state index contributed by atoms with van der Waals surface area (Å²) in [5.41, 5.74) is -0.123. The van der Waals surface area contributed by atoms with Crippen molar-refractivity contribution in [1.29, 1.82) is 0 Å². The van der Waals surface area contributed by atoms with Crippen molar-refractivity contribution < 1.29 is 13.2 Å². The van der Waals surface area contributed by atoms with Crippen LogP contribution in [0.25, 0.3) is 5.69 Å². The highest BCUT2D eigenvalue weighted by molar-refractivity contribution is 5.35. The van der Waals surface area contributed by atoms with Crippen LogP contribution in [-0.4, -0.2) is 9.78 Å². The molecule has 0 unspecified atom stereocenters. The molecule has 2 nitrogen and oxygen atoms in total. The molecule has 0 aliphatic carbocycles. The molecule has 2 rings (SSSR count). The zero-order valence-corrected chi connectivity index (χ0v) is 11.0. The number of para-hydroxylation sites is 1. The fraction of sp³-hybridized carbons (Fsp3) is 0.357. The Morgan fingerprint density at radius 2 is 1.58 bits per heavy atom. The van der Waals surface area contributed by atoms with Gasteiger partial charge in [-0.3, -0.25) is 0 Å². The fourth-order valence-corrected chi connectivity index (χ4v) is 1.82. The third-order valence-electron chi connectivity index (χ3n) is 2.77. The molecule has 0 N–H and O–H groups in total. The molecule has 0 saturated carbocycles. The molecule has 0 spiro atoms. The van der Waals surface area contributed by atoms with E-state index in [-0.39, 0.29) is 0 Å². The number of alkyl halides is 3. The minimum absolute atomic E-state index is 0.424. The molecule has 102 valence electrons. The highest BCUT2D eigenvalue weighted by Gasteiger charge is 2.36. The van der Waals surface area contributed by atoms with Crippen LogP contribution in [0.5, 0.6) is 0 Å². The van der Waals surface area contributed by atoms with Crippen molar-refractivity contribution in [2.75, 3.05) is 0 Å². The minimum atomic E-state index is -4.43. The van der Waals surface area contributed by atoms with Crippen molar-refractivity contribution in [3.63, 3.8) is 0 Å². The summed E-state index contributed by atoms with van der Waals surface area (Å²) in [5, 5.41) is 3.71. The van der Waals surface area contributed by atoms with Gasteiger partial charge in [0.1, 0.15) is 0 Å². The molecule has 0 amide bonds. The first kappa shape index (κ1) is 13.6. The molecule has 1 aromatic carbocycles. The van der Waals surface area contributed by atoms with Crippen LogP contribution in [0, 0.1) is 0 Å². The Kier molecular flexibility index (Phi) is 3.16. The zero-order valence-electron chi connectivity index (χ0n) is 11.0. The van der Waals surface area contributed by atoms with E-state index in [9.17, 15) is 13.2 Å². The molecule has 0 radical (unpaired) electrons. The summed E-state index contributed by atoms with van der Waals surface area (Å²) < 4.78 is 39.8. The van der Waals surface area contributed by atoms with Crippen LogP contribution in [0.1, 0.15) is 32.2 Å². The monoisotopic (exact) mass is 268 g/mol. The summed E-state index contributed by atoms with van der Waals surface area (Å²) in [6, 6.07) is 9.96. The second-order valence-corrected chi connectivity index (χ2v) is 5.41. The highest BCUT2D eigenvalue weighted by atomic mass is 19.4. The Morgan fingerprint density at radius 3 is 2.05 bits per heavy atom. The molecule has 2 aromatic rings. The van der Waals surface area contributed by atoms with Crippen molar-refractivity contribution >= 4 is 0 Å². The zero-order chi connectivity index (χ0) is 14.3. The van der Waals surface area contributed by atoms with E-state index in [1.807, 2.05) is 26.8 Å². The maximum absolute atomic E-state index is 12.8. The Bertz CT molecular complexity index is 563. The van der Waals surface area contributed by atoms with E-state index in [0.29, 0.717) is 11.4 Å². The van der Waals surface area contributed by atoms with Crippen LogP contribution >= 0.6 is 0 Å².